The minimum absolute atomic E-state index is 0. The van der Waals surface area contributed by atoms with Gasteiger partial charge in [-0.15, -0.1) is 0 Å². The molecule has 0 aliphatic rings. The van der Waals surface area contributed by atoms with Crippen molar-refractivity contribution in [2.75, 3.05) is 37.9 Å². The van der Waals surface area contributed by atoms with Crippen molar-refractivity contribution in [1.82, 2.24) is 19.9 Å². The molecule has 0 spiro atoms. The number of aliphatic carboxylic acids is 4. The molecule has 4 heterocycles. The molecule has 0 aromatic carbocycles. The standard InChI is InChI=1S/2C12H17N4OS.C4H4O4.2C3H6NO3.CH4.2Mn/c2*1-8-11(3-4-17)18-7-16(8)6-10-5-14-9(2)15-12(10)13;5-3(6)1-2-4(7)8;2*4-2(1-5)3(6)7;;;/h2*5,7,17H,3-4,6H2,1-2H3,(H2,13,14,15);1-2H,(H,5,6)(H,7,8);2*2,4-5H,1H2,(H,6,7);1H4;;/q2*+1;;2*-1;;;/b;;2-1+;;;;;. The third-order valence-electron chi connectivity index (χ3n) is 7.04. The molecule has 4 rings (SSSR count). The largest absolute Gasteiger partial charge is 0.663 e. The normalized spacial score (nSPS) is 10.7. The van der Waals surface area contributed by atoms with Crippen LogP contribution in [-0.2, 0) is 79.2 Å². The van der Waals surface area contributed by atoms with E-state index in [1.807, 2.05) is 38.7 Å². The first-order valence-corrected chi connectivity index (χ1v) is 18.5. The quantitative estimate of drug-likeness (QED) is 0.0468. The SMILES string of the molecule is C.Cc1ncc(C[n+]2csc(CCO)c2C)c(N)n1.Cc1ncc(C[n+]2csc(CCO)c2C)c(N)n1.O=C(O)/C=C/C(=O)O.[Mn].[Mn].[NH-]C(CO)C(=O)O.[NH-]C(CO)C(=O)O. The Hall–Kier alpha value is -4.56. The molecule has 61 heavy (non-hydrogen) atoms. The number of hydrogen-bond donors (Lipinski definition) is 10. The molecule has 0 aliphatic carbocycles. The van der Waals surface area contributed by atoms with Gasteiger partial charge >= 0.3 is 11.9 Å². The number of carboxylic acids is 4. The molecule has 2 atom stereocenters. The van der Waals surface area contributed by atoms with Gasteiger partial charge in [-0.3, -0.25) is 9.59 Å². The van der Waals surface area contributed by atoms with Gasteiger partial charge in [0.15, 0.2) is 24.5 Å². The van der Waals surface area contributed by atoms with Crippen LogP contribution in [0.25, 0.3) is 11.5 Å². The summed E-state index contributed by atoms with van der Waals surface area (Å²) in [6.45, 7) is 8.20. The van der Waals surface area contributed by atoms with Crippen molar-refractivity contribution < 1.29 is 103 Å². The summed E-state index contributed by atoms with van der Waals surface area (Å²) >= 11 is 3.30. The number of nitrogens with zero attached hydrogens (tertiary/aromatic N) is 6. The number of thiazole rings is 2. The topological polar surface area (TPSA) is 389 Å². The van der Waals surface area contributed by atoms with Crippen LogP contribution in [0.3, 0.4) is 0 Å². The van der Waals surface area contributed by atoms with Gasteiger partial charge in [-0.2, -0.15) is 9.13 Å². The van der Waals surface area contributed by atoms with E-state index in [0.29, 0.717) is 61.4 Å². The maximum Gasteiger partial charge on any atom is 0.328 e. The van der Waals surface area contributed by atoms with Crippen LogP contribution in [0.5, 0.6) is 0 Å². The van der Waals surface area contributed by atoms with Crippen molar-refractivity contribution >= 4 is 58.2 Å². The zero-order valence-corrected chi connectivity index (χ0v) is 36.9. The third kappa shape index (κ3) is 25.7. The van der Waals surface area contributed by atoms with Gasteiger partial charge in [0.25, 0.3) is 11.9 Å². The van der Waals surface area contributed by atoms with Crippen molar-refractivity contribution in [2.24, 2.45) is 0 Å². The predicted octanol–water partition coefficient (Wildman–Crippen LogP) is 0.527. The number of nitrogens with one attached hydrogen (secondary N) is 2. The summed E-state index contributed by atoms with van der Waals surface area (Å²) in [4.78, 5) is 57.3. The average molecular weight is 981 g/mol. The summed E-state index contributed by atoms with van der Waals surface area (Å²) in [5.74, 6) is -2.66. The van der Waals surface area contributed by atoms with Crippen LogP contribution < -0.4 is 20.6 Å². The number of nitrogens with two attached hydrogens (primary N) is 2. The molecule has 0 fully saturated rings. The maximum absolute atomic E-state index is 9.58. The monoisotopic (exact) mass is 980 g/mol. The van der Waals surface area contributed by atoms with Crippen molar-refractivity contribution in [2.45, 2.75) is 73.1 Å². The van der Waals surface area contributed by atoms with E-state index in [1.54, 1.807) is 35.1 Å². The number of carbonyl (C=O) groups is 4. The Balaban J connectivity index is -0.000000353. The Kier molecular flexibility index (Phi) is 35.2. The molecular formula is C35H54Mn2N10O12S2. The summed E-state index contributed by atoms with van der Waals surface area (Å²) < 4.78 is 4.22. The Morgan fingerprint density at radius 3 is 1.20 bits per heavy atom. The smallest absolute Gasteiger partial charge is 0.328 e. The average Bonchev–Trinajstić information content (AvgIpc) is 3.69. The molecule has 342 valence electrons. The number of rotatable bonds is 14. The first-order valence-electron chi connectivity index (χ1n) is 16.8. The Morgan fingerprint density at radius 1 is 0.672 bits per heavy atom. The maximum atomic E-state index is 9.58. The van der Waals surface area contributed by atoms with Gasteiger partial charge in [-0.1, -0.05) is 30.1 Å². The zero-order chi connectivity index (χ0) is 44.5. The molecule has 2 unspecified atom stereocenters. The van der Waals surface area contributed by atoms with Crippen molar-refractivity contribution in [3.8, 4) is 0 Å². The van der Waals surface area contributed by atoms with E-state index in [1.165, 1.54) is 9.75 Å². The van der Waals surface area contributed by atoms with E-state index >= 15 is 0 Å². The van der Waals surface area contributed by atoms with Crippen LogP contribution >= 0.6 is 22.7 Å². The Bertz CT molecular complexity index is 1820. The first kappa shape index (κ1) is 63.1. The van der Waals surface area contributed by atoms with Crippen LogP contribution in [0, 0.1) is 27.7 Å². The fourth-order valence-electron chi connectivity index (χ4n) is 3.83. The zero-order valence-electron chi connectivity index (χ0n) is 32.9. The van der Waals surface area contributed by atoms with Crippen molar-refractivity contribution in [3.63, 3.8) is 0 Å². The first-order chi connectivity index (χ1) is 27.2. The molecule has 4 aromatic rings. The summed E-state index contributed by atoms with van der Waals surface area (Å²) in [6.07, 6.45) is 6.05. The molecule has 0 amide bonds. The van der Waals surface area contributed by atoms with Crippen LogP contribution in [0.15, 0.2) is 35.6 Å². The number of aliphatic hydroxyl groups excluding tert-OH is 4. The van der Waals surface area contributed by atoms with E-state index in [2.05, 4.69) is 29.1 Å². The molecule has 14 N–H and O–H groups in total. The van der Waals surface area contributed by atoms with Crippen LogP contribution in [-0.4, -0.2) is 123 Å². The fraction of sp³-hybridized carbons (Fsp3) is 0.429. The molecule has 0 saturated heterocycles. The van der Waals surface area contributed by atoms with Gasteiger partial charge in [0.05, 0.1) is 20.9 Å². The summed E-state index contributed by atoms with van der Waals surface area (Å²) in [6, 6.07) is -2.75. The van der Waals surface area contributed by atoms with Gasteiger partial charge in [-0.05, 0) is 25.9 Å². The van der Waals surface area contributed by atoms with Crippen molar-refractivity contribution in [1.29, 1.82) is 0 Å². The summed E-state index contributed by atoms with van der Waals surface area (Å²) in [7, 11) is 0. The number of carboxylic acid groups (broad SMARTS) is 4. The Labute approximate surface area is 381 Å². The van der Waals surface area contributed by atoms with Crippen molar-refractivity contribution in [3.05, 3.63) is 91.0 Å². The van der Waals surface area contributed by atoms with E-state index < -0.39 is 49.2 Å². The fourth-order valence-corrected chi connectivity index (χ4v) is 5.80. The number of aryl methyl sites for hydroxylation is 2. The molecule has 0 saturated carbocycles. The molecule has 0 bridgehead atoms. The molecule has 26 heteroatoms. The molecular weight excluding hydrogens is 926 g/mol. The number of anilines is 2. The van der Waals surface area contributed by atoms with Crippen LogP contribution in [0.1, 0.15) is 51.3 Å². The van der Waals surface area contributed by atoms with E-state index in [0.717, 1.165) is 22.5 Å². The number of hydrogen-bond acceptors (Lipinski definition) is 16. The second kappa shape index (κ2) is 34.1. The summed E-state index contributed by atoms with van der Waals surface area (Å²) in [5, 5.41) is 65.1. The van der Waals surface area contributed by atoms with Gasteiger partial charge in [0.2, 0.25) is 11.0 Å². The second-order valence-electron chi connectivity index (χ2n) is 11.5. The Morgan fingerprint density at radius 2 is 0.984 bits per heavy atom. The minimum Gasteiger partial charge on any atom is -0.663 e. The van der Waals surface area contributed by atoms with E-state index in [9.17, 15) is 19.2 Å². The van der Waals surface area contributed by atoms with E-state index in [-0.39, 0.29) is 54.8 Å². The molecule has 22 nitrogen and oxygen atoms in total. The van der Waals surface area contributed by atoms with Crippen LogP contribution in [0.4, 0.5) is 11.6 Å². The minimum atomic E-state index is -1.38. The van der Waals surface area contributed by atoms with E-state index in [4.69, 9.17) is 63.8 Å². The molecule has 0 aliphatic heterocycles. The van der Waals surface area contributed by atoms with Gasteiger partial charge in [0, 0.05) is 112 Å². The van der Waals surface area contributed by atoms with Gasteiger partial charge in [0.1, 0.15) is 23.3 Å². The number of aromatic nitrogens is 6. The van der Waals surface area contributed by atoms with Crippen LogP contribution in [0.2, 0.25) is 0 Å². The van der Waals surface area contributed by atoms with Gasteiger partial charge < -0.3 is 63.8 Å². The number of nitrogen functional groups attached to an aromatic ring is 2. The predicted molar refractivity (Wildman–Crippen MR) is 217 cm³/mol. The van der Waals surface area contributed by atoms with Gasteiger partial charge in [-0.25, -0.2) is 29.5 Å². The third-order valence-corrected chi connectivity index (χ3v) is 9.33. The molecule has 4 aromatic heterocycles. The second-order valence-corrected chi connectivity index (χ2v) is 13.4. The molecule has 2 radical (unpaired) electrons. The number of aliphatic hydroxyl groups is 4. The summed E-state index contributed by atoms with van der Waals surface area (Å²) in [5.41, 5.74) is 32.9.